The van der Waals surface area contributed by atoms with Gasteiger partial charge in [-0.1, -0.05) is 42.5 Å². The van der Waals surface area contributed by atoms with E-state index >= 15 is 0 Å². The number of rotatable bonds is 6. The van der Waals surface area contributed by atoms with Crippen molar-refractivity contribution in [2.45, 2.75) is 20.4 Å². The van der Waals surface area contributed by atoms with Crippen molar-refractivity contribution in [2.24, 2.45) is 0 Å². The van der Waals surface area contributed by atoms with Crippen LogP contribution in [0, 0.1) is 6.92 Å². The van der Waals surface area contributed by atoms with Crippen LogP contribution in [0.4, 0.5) is 17.5 Å². The lowest BCUT2D eigenvalue weighted by molar-refractivity contribution is 0.101. The maximum absolute atomic E-state index is 11.5. The number of carbonyl (C=O) groups is 1. The predicted octanol–water partition coefficient (Wildman–Crippen LogP) is 4.34. The van der Waals surface area contributed by atoms with Gasteiger partial charge in [-0.25, -0.2) is 4.98 Å². The molecule has 0 spiro atoms. The molecule has 2 aromatic carbocycles. The highest BCUT2D eigenvalue weighted by Crippen LogP contribution is 2.18. The summed E-state index contributed by atoms with van der Waals surface area (Å²) in [6, 6.07) is 19.4. The number of carbonyl (C=O) groups excluding carboxylic acids is 1. The molecule has 0 saturated carbocycles. The van der Waals surface area contributed by atoms with Gasteiger partial charge in [0.1, 0.15) is 5.82 Å². The molecule has 5 heteroatoms. The standard InChI is InChI=1S/C20H20N4O/c1-14-11-19(21-13-16-7-4-3-5-8-16)24-20(22-14)23-18-10-6-9-17(12-18)15(2)25/h3-12H,13H2,1-2H3,(H2,21,22,23,24). The van der Waals surface area contributed by atoms with Crippen LogP contribution < -0.4 is 10.6 Å². The Morgan fingerprint density at radius 1 is 1.00 bits per heavy atom. The zero-order chi connectivity index (χ0) is 17.6. The van der Waals surface area contributed by atoms with Gasteiger partial charge >= 0.3 is 0 Å². The quantitative estimate of drug-likeness (QED) is 0.657. The number of Topliss-reactive ketones (excluding diaryl/α,β-unsaturated/α-hetero) is 1. The summed E-state index contributed by atoms with van der Waals surface area (Å²) in [4.78, 5) is 20.4. The van der Waals surface area contributed by atoms with E-state index in [9.17, 15) is 4.79 Å². The summed E-state index contributed by atoms with van der Waals surface area (Å²) in [7, 11) is 0. The number of ketones is 1. The smallest absolute Gasteiger partial charge is 0.229 e. The molecule has 5 nitrogen and oxygen atoms in total. The fourth-order valence-corrected chi connectivity index (χ4v) is 2.45. The molecule has 1 aromatic heterocycles. The van der Waals surface area contributed by atoms with E-state index in [1.165, 1.54) is 5.56 Å². The highest BCUT2D eigenvalue weighted by molar-refractivity contribution is 5.95. The Hall–Kier alpha value is -3.21. The Morgan fingerprint density at radius 3 is 2.56 bits per heavy atom. The molecule has 1 heterocycles. The van der Waals surface area contributed by atoms with Crippen LogP contribution in [0.3, 0.4) is 0 Å². The third-order valence-corrected chi connectivity index (χ3v) is 3.70. The lowest BCUT2D eigenvalue weighted by Crippen LogP contribution is -2.06. The van der Waals surface area contributed by atoms with Gasteiger partial charge in [-0.05, 0) is 31.5 Å². The molecule has 0 aliphatic carbocycles. The zero-order valence-corrected chi connectivity index (χ0v) is 14.3. The fraction of sp³-hybridized carbons (Fsp3) is 0.150. The van der Waals surface area contributed by atoms with Crippen LogP contribution in [0.2, 0.25) is 0 Å². The second-order valence-electron chi connectivity index (χ2n) is 5.82. The predicted molar refractivity (Wildman–Crippen MR) is 100 cm³/mol. The minimum Gasteiger partial charge on any atom is -0.366 e. The van der Waals surface area contributed by atoms with Gasteiger partial charge in [0.15, 0.2) is 5.78 Å². The van der Waals surface area contributed by atoms with Crippen LogP contribution >= 0.6 is 0 Å². The highest BCUT2D eigenvalue weighted by atomic mass is 16.1. The first-order chi connectivity index (χ1) is 12.1. The van der Waals surface area contributed by atoms with Crippen molar-refractivity contribution < 1.29 is 4.79 Å². The maximum Gasteiger partial charge on any atom is 0.229 e. The number of hydrogen-bond acceptors (Lipinski definition) is 5. The second-order valence-corrected chi connectivity index (χ2v) is 5.82. The Labute approximate surface area is 147 Å². The molecule has 0 aliphatic rings. The zero-order valence-electron chi connectivity index (χ0n) is 14.3. The summed E-state index contributed by atoms with van der Waals surface area (Å²) < 4.78 is 0. The molecule has 2 N–H and O–H groups in total. The molecule has 0 unspecified atom stereocenters. The van der Waals surface area contributed by atoms with Crippen LogP contribution in [0.1, 0.15) is 28.5 Å². The van der Waals surface area contributed by atoms with Gasteiger partial charge in [0.25, 0.3) is 0 Å². The van der Waals surface area contributed by atoms with Crippen molar-refractivity contribution in [2.75, 3.05) is 10.6 Å². The normalized spacial score (nSPS) is 10.3. The molecule has 3 aromatic rings. The molecular weight excluding hydrogens is 312 g/mol. The third-order valence-electron chi connectivity index (χ3n) is 3.70. The van der Waals surface area contributed by atoms with Gasteiger partial charge in [-0.3, -0.25) is 4.79 Å². The summed E-state index contributed by atoms with van der Waals surface area (Å²) in [5.74, 6) is 1.27. The van der Waals surface area contributed by atoms with E-state index in [1.54, 1.807) is 19.1 Å². The van der Waals surface area contributed by atoms with Gasteiger partial charge < -0.3 is 10.6 Å². The van der Waals surface area contributed by atoms with Crippen molar-refractivity contribution in [1.29, 1.82) is 0 Å². The van der Waals surface area contributed by atoms with Gasteiger partial charge in [0.05, 0.1) is 0 Å². The van der Waals surface area contributed by atoms with Crippen LogP contribution in [0.5, 0.6) is 0 Å². The van der Waals surface area contributed by atoms with Crippen molar-refractivity contribution in [3.8, 4) is 0 Å². The minimum atomic E-state index is 0.0269. The first-order valence-electron chi connectivity index (χ1n) is 8.12. The summed E-state index contributed by atoms with van der Waals surface area (Å²) in [5, 5.41) is 6.48. The number of aryl methyl sites for hydroxylation is 1. The van der Waals surface area contributed by atoms with Crippen molar-refractivity contribution in [3.63, 3.8) is 0 Å². The number of anilines is 3. The minimum absolute atomic E-state index is 0.0269. The van der Waals surface area contributed by atoms with Crippen LogP contribution in [-0.4, -0.2) is 15.8 Å². The summed E-state index contributed by atoms with van der Waals surface area (Å²) in [6.07, 6.45) is 0. The number of benzene rings is 2. The van der Waals surface area contributed by atoms with Gasteiger partial charge in [-0.15, -0.1) is 0 Å². The SMILES string of the molecule is CC(=O)c1cccc(Nc2nc(C)cc(NCc3ccccc3)n2)c1. The molecule has 0 fully saturated rings. The summed E-state index contributed by atoms with van der Waals surface area (Å²) in [6.45, 7) is 4.16. The second kappa shape index (κ2) is 7.57. The van der Waals surface area contributed by atoms with E-state index in [-0.39, 0.29) is 5.78 Å². The lowest BCUT2D eigenvalue weighted by atomic mass is 10.1. The summed E-state index contributed by atoms with van der Waals surface area (Å²) >= 11 is 0. The Kier molecular flexibility index (Phi) is 5.04. The van der Waals surface area contributed by atoms with E-state index in [0.29, 0.717) is 18.1 Å². The highest BCUT2D eigenvalue weighted by Gasteiger charge is 2.05. The van der Waals surface area contributed by atoms with E-state index in [2.05, 4.69) is 32.7 Å². The number of hydrogen-bond donors (Lipinski definition) is 2. The van der Waals surface area contributed by atoms with Crippen LogP contribution in [0.15, 0.2) is 60.7 Å². The molecule has 0 bridgehead atoms. The molecule has 0 atom stereocenters. The molecule has 126 valence electrons. The molecule has 0 amide bonds. The number of nitrogens with one attached hydrogen (secondary N) is 2. The lowest BCUT2D eigenvalue weighted by Gasteiger charge is -2.10. The van der Waals surface area contributed by atoms with Gasteiger partial charge in [0.2, 0.25) is 5.95 Å². The van der Waals surface area contributed by atoms with Crippen LogP contribution in [0.25, 0.3) is 0 Å². The monoisotopic (exact) mass is 332 g/mol. The third kappa shape index (κ3) is 4.64. The Bertz CT molecular complexity index is 878. The topological polar surface area (TPSA) is 66.9 Å². The van der Waals surface area contributed by atoms with Gasteiger partial charge in [0, 0.05) is 29.6 Å². The number of nitrogens with zero attached hydrogens (tertiary/aromatic N) is 2. The maximum atomic E-state index is 11.5. The first-order valence-corrected chi connectivity index (χ1v) is 8.12. The molecule has 0 aliphatic heterocycles. The van der Waals surface area contributed by atoms with Crippen molar-refractivity contribution in [3.05, 3.63) is 77.5 Å². The first kappa shape index (κ1) is 16.6. The fourth-order valence-electron chi connectivity index (χ4n) is 2.45. The van der Waals surface area contributed by atoms with Crippen molar-refractivity contribution in [1.82, 2.24) is 9.97 Å². The average molecular weight is 332 g/mol. The largest absolute Gasteiger partial charge is 0.366 e. The van der Waals surface area contributed by atoms with Crippen LogP contribution in [-0.2, 0) is 6.54 Å². The van der Waals surface area contributed by atoms with E-state index in [0.717, 1.165) is 17.2 Å². The molecular formula is C20H20N4O. The van der Waals surface area contributed by atoms with Crippen molar-refractivity contribution >= 4 is 23.2 Å². The molecule has 3 rings (SSSR count). The van der Waals surface area contributed by atoms with Gasteiger partial charge in [-0.2, -0.15) is 4.98 Å². The molecule has 0 radical (unpaired) electrons. The summed E-state index contributed by atoms with van der Waals surface area (Å²) in [5.41, 5.74) is 3.48. The average Bonchev–Trinajstić information content (AvgIpc) is 2.60. The Balaban J connectivity index is 1.75. The van der Waals surface area contributed by atoms with E-state index < -0.39 is 0 Å². The van der Waals surface area contributed by atoms with E-state index in [1.807, 2.05) is 43.3 Å². The molecule has 25 heavy (non-hydrogen) atoms. The number of aromatic nitrogens is 2. The molecule has 0 saturated heterocycles. The Morgan fingerprint density at radius 2 is 1.80 bits per heavy atom. The van der Waals surface area contributed by atoms with E-state index in [4.69, 9.17) is 0 Å².